The minimum Gasteiger partial charge on any atom is -0.476 e. The lowest BCUT2D eigenvalue weighted by atomic mass is 10.2. The minimum atomic E-state index is -1.38. The van der Waals surface area contributed by atoms with Crippen molar-refractivity contribution in [3.05, 3.63) is 35.9 Å². The number of carbonyl (C=O) groups excluding carboxylic acids is 2. The smallest absolute Gasteiger partial charge is 0.371 e. The molecule has 0 amide bonds. The predicted molar refractivity (Wildman–Crippen MR) is 50.1 cm³/mol. The lowest BCUT2D eigenvalue weighted by molar-refractivity contribution is -0.148. The van der Waals surface area contributed by atoms with Crippen molar-refractivity contribution >= 4 is 18.0 Å². The monoisotopic (exact) mass is 194 g/mol. The van der Waals surface area contributed by atoms with Gasteiger partial charge in [-0.1, -0.05) is 30.3 Å². The average molecular weight is 194 g/mol. The van der Waals surface area contributed by atoms with Crippen molar-refractivity contribution in [1.29, 1.82) is 0 Å². The van der Waals surface area contributed by atoms with E-state index >= 15 is 0 Å². The summed E-state index contributed by atoms with van der Waals surface area (Å²) in [6.45, 7) is 1.00. The Morgan fingerprint density at radius 3 is 1.86 bits per heavy atom. The molecule has 0 unspecified atom stereocenters. The Bertz CT molecular complexity index is 304. The lowest BCUT2D eigenvalue weighted by Gasteiger charge is -1.81. The molecule has 0 radical (unpaired) electrons. The van der Waals surface area contributed by atoms with E-state index in [4.69, 9.17) is 5.11 Å². The number of Topliss-reactive ketones (excluding diaryl/α,β-unsaturated/α-hetero) is 1. The largest absolute Gasteiger partial charge is 0.476 e. The van der Waals surface area contributed by atoms with Gasteiger partial charge in [0.25, 0.3) is 0 Å². The minimum absolute atomic E-state index is 0.729. The van der Waals surface area contributed by atoms with Crippen LogP contribution in [0.1, 0.15) is 17.3 Å². The molecule has 0 aliphatic carbocycles. The fourth-order valence-corrected chi connectivity index (χ4v) is 0.532. The van der Waals surface area contributed by atoms with Crippen LogP contribution in [0.3, 0.4) is 0 Å². The standard InChI is InChI=1S/C7H6O.C3H4O3/c8-6-7-4-2-1-3-5-7;1-2(4)3(5)6/h1-6H;1H3,(H,5,6). The van der Waals surface area contributed by atoms with Gasteiger partial charge in [-0.25, -0.2) is 4.79 Å². The number of aldehydes is 1. The summed E-state index contributed by atoms with van der Waals surface area (Å²) in [6.07, 6.45) is 0.833. The Labute approximate surface area is 81.2 Å². The van der Waals surface area contributed by atoms with Crippen LogP contribution in [0.2, 0.25) is 0 Å². The summed E-state index contributed by atoms with van der Waals surface area (Å²) in [4.78, 5) is 28.9. The quantitative estimate of drug-likeness (QED) is 0.566. The first kappa shape index (κ1) is 12.0. The number of carbonyl (C=O) groups is 3. The molecule has 0 saturated heterocycles. The average Bonchev–Trinajstić information content (AvgIpc) is 2.20. The number of benzene rings is 1. The summed E-state index contributed by atoms with van der Waals surface area (Å²) in [7, 11) is 0. The maximum Gasteiger partial charge on any atom is 0.371 e. The molecule has 0 spiro atoms. The third kappa shape index (κ3) is 5.65. The van der Waals surface area contributed by atoms with Crippen molar-refractivity contribution in [1.82, 2.24) is 0 Å². The number of rotatable bonds is 2. The molecule has 0 saturated carbocycles. The molecule has 74 valence electrons. The number of hydrogen-bond donors (Lipinski definition) is 1. The summed E-state index contributed by atoms with van der Waals surface area (Å²) in [5.41, 5.74) is 0.729. The maximum atomic E-state index is 10.0. The van der Waals surface area contributed by atoms with E-state index in [1.807, 2.05) is 18.2 Å². The van der Waals surface area contributed by atoms with Gasteiger partial charge in [-0.2, -0.15) is 0 Å². The van der Waals surface area contributed by atoms with Gasteiger partial charge in [-0.3, -0.25) is 9.59 Å². The van der Waals surface area contributed by atoms with Gasteiger partial charge in [0.2, 0.25) is 5.78 Å². The lowest BCUT2D eigenvalue weighted by Crippen LogP contribution is -2.05. The molecule has 0 atom stereocenters. The molecular weight excluding hydrogens is 184 g/mol. The molecule has 0 heterocycles. The number of carboxylic acid groups (broad SMARTS) is 1. The van der Waals surface area contributed by atoms with Gasteiger partial charge in [0, 0.05) is 12.5 Å². The van der Waals surface area contributed by atoms with Gasteiger partial charge >= 0.3 is 5.97 Å². The van der Waals surface area contributed by atoms with E-state index in [0.29, 0.717) is 0 Å². The number of ketones is 1. The van der Waals surface area contributed by atoms with Gasteiger partial charge in [0.15, 0.2) is 0 Å². The topological polar surface area (TPSA) is 71.4 Å². The van der Waals surface area contributed by atoms with Crippen LogP contribution in [0.15, 0.2) is 30.3 Å². The maximum absolute atomic E-state index is 10.0. The molecule has 4 nitrogen and oxygen atoms in total. The van der Waals surface area contributed by atoms with Gasteiger partial charge in [0.1, 0.15) is 6.29 Å². The third-order valence-corrected chi connectivity index (χ3v) is 1.24. The molecule has 0 aliphatic heterocycles. The highest BCUT2D eigenvalue weighted by atomic mass is 16.4. The van der Waals surface area contributed by atoms with E-state index in [1.54, 1.807) is 12.1 Å². The van der Waals surface area contributed by atoms with Crippen LogP contribution in [-0.2, 0) is 9.59 Å². The fraction of sp³-hybridized carbons (Fsp3) is 0.100. The first-order valence-electron chi connectivity index (χ1n) is 3.82. The van der Waals surface area contributed by atoms with Crippen molar-refractivity contribution in [2.24, 2.45) is 0 Å². The Hall–Kier alpha value is -1.97. The van der Waals surface area contributed by atoms with E-state index in [0.717, 1.165) is 18.8 Å². The van der Waals surface area contributed by atoms with Crippen LogP contribution >= 0.6 is 0 Å². The van der Waals surface area contributed by atoms with Gasteiger partial charge in [-0.15, -0.1) is 0 Å². The van der Waals surface area contributed by atoms with Gasteiger partial charge in [0.05, 0.1) is 0 Å². The first-order chi connectivity index (χ1) is 6.57. The molecule has 1 aromatic carbocycles. The molecule has 0 aliphatic rings. The van der Waals surface area contributed by atoms with Crippen LogP contribution in [0, 0.1) is 0 Å². The summed E-state index contributed by atoms with van der Waals surface area (Å²) >= 11 is 0. The van der Waals surface area contributed by atoms with Crippen LogP contribution in [0.4, 0.5) is 0 Å². The van der Waals surface area contributed by atoms with Crippen molar-refractivity contribution in [2.45, 2.75) is 6.92 Å². The zero-order valence-corrected chi connectivity index (χ0v) is 7.64. The normalized spacial score (nSPS) is 8.07. The highest BCUT2D eigenvalue weighted by Crippen LogP contribution is 1.91. The van der Waals surface area contributed by atoms with Crippen molar-refractivity contribution < 1.29 is 19.5 Å². The third-order valence-electron chi connectivity index (χ3n) is 1.24. The van der Waals surface area contributed by atoms with E-state index in [2.05, 4.69) is 0 Å². The highest BCUT2D eigenvalue weighted by Gasteiger charge is 1.98. The summed E-state index contributed by atoms with van der Waals surface area (Å²) in [6, 6.07) is 9.10. The molecule has 1 N–H and O–H groups in total. The van der Waals surface area contributed by atoms with E-state index in [-0.39, 0.29) is 0 Å². The Kier molecular flexibility index (Phi) is 5.62. The number of carboxylic acids is 1. The van der Waals surface area contributed by atoms with Crippen molar-refractivity contribution in [3.8, 4) is 0 Å². The van der Waals surface area contributed by atoms with Crippen LogP contribution in [0.5, 0.6) is 0 Å². The van der Waals surface area contributed by atoms with Crippen LogP contribution in [-0.4, -0.2) is 23.1 Å². The number of aliphatic carboxylic acids is 1. The molecule has 0 bridgehead atoms. The Balaban J connectivity index is 0.000000255. The molecule has 0 fully saturated rings. The van der Waals surface area contributed by atoms with Crippen molar-refractivity contribution in [3.63, 3.8) is 0 Å². The van der Waals surface area contributed by atoms with E-state index < -0.39 is 11.8 Å². The zero-order chi connectivity index (χ0) is 11.0. The summed E-state index contributed by atoms with van der Waals surface area (Å²) < 4.78 is 0. The first-order valence-corrected chi connectivity index (χ1v) is 3.82. The second-order valence-electron chi connectivity index (χ2n) is 2.39. The molecule has 0 aromatic heterocycles. The van der Waals surface area contributed by atoms with Gasteiger partial charge in [-0.05, 0) is 0 Å². The van der Waals surface area contributed by atoms with Crippen molar-refractivity contribution in [2.75, 3.05) is 0 Å². The highest BCUT2D eigenvalue weighted by molar-refractivity contribution is 6.31. The van der Waals surface area contributed by atoms with E-state index in [9.17, 15) is 14.4 Å². The predicted octanol–water partition coefficient (Wildman–Crippen LogP) is 1.16. The fourth-order valence-electron chi connectivity index (χ4n) is 0.532. The Morgan fingerprint density at radius 1 is 1.21 bits per heavy atom. The van der Waals surface area contributed by atoms with Crippen LogP contribution in [0.25, 0.3) is 0 Å². The SMILES string of the molecule is CC(=O)C(=O)O.O=Cc1ccccc1. The summed E-state index contributed by atoms with van der Waals surface area (Å²) in [5, 5.41) is 7.64. The molecular formula is C10H10O4. The molecule has 4 heteroatoms. The number of hydrogen-bond acceptors (Lipinski definition) is 3. The van der Waals surface area contributed by atoms with Crippen LogP contribution < -0.4 is 0 Å². The molecule has 1 rings (SSSR count). The molecule has 14 heavy (non-hydrogen) atoms. The zero-order valence-electron chi connectivity index (χ0n) is 7.64. The Morgan fingerprint density at radius 2 is 1.64 bits per heavy atom. The second-order valence-corrected chi connectivity index (χ2v) is 2.39. The van der Waals surface area contributed by atoms with Gasteiger partial charge < -0.3 is 5.11 Å². The second kappa shape index (κ2) is 6.54. The van der Waals surface area contributed by atoms with E-state index in [1.165, 1.54) is 0 Å². The molecule has 1 aromatic rings. The summed E-state index contributed by atoms with van der Waals surface area (Å²) in [5.74, 6) is -2.20.